The lowest BCUT2D eigenvalue weighted by Crippen LogP contribution is -2.34. The maximum atomic E-state index is 6.06. The van der Waals surface area contributed by atoms with Crippen LogP contribution < -0.4 is 5.32 Å². The number of benzene rings is 1. The third-order valence-corrected chi connectivity index (χ3v) is 3.71. The standard InChI is InChI=1S/C17H24ClN3/c1-12-8-16(19-10-17(2,3)11-21(4)5)20-15-9-13(18)6-7-14(12)15/h6-9H,10-11H2,1-5H3,(H,19,20). The Bertz CT molecular complexity index is 635. The highest BCUT2D eigenvalue weighted by Gasteiger charge is 2.18. The number of halogens is 1. The van der Waals surface area contributed by atoms with Gasteiger partial charge in [-0.1, -0.05) is 31.5 Å². The molecule has 0 aliphatic rings. The van der Waals surface area contributed by atoms with E-state index in [0.29, 0.717) is 0 Å². The molecule has 1 N–H and O–H groups in total. The Hall–Kier alpha value is -1.32. The maximum absolute atomic E-state index is 6.06. The molecule has 0 bridgehead atoms. The molecule has 1 heterocycles. The van der Waals surface area contributed by atoms with Crippen molar-refractivity contribution in [2.24, 2.45) is 5.41 Å². The molecular weight excluding hydrogens is 282 g/mol. The minimum absolute atomic E-state index is 0.183. The van der Waals surface area contributed by atoms with Crippen molar-refractivity contribution in [2.75, 3.05) is 32.5 Å². The first-order valence-electron chi connectivity index (χ1n) is 7.22. The summed E-state index contributed by atoms with van der Waals surface area (Å²) in [7, 11) is 4.20. The van der Waals surface area contributed by atoms with Crippen molar-refractivity contribution in [3.8, 4) is 0 Å². The Balaban J connectivity index is 2.19. The van der Waals surface area contributed by atoms with Gasteiger partial charge in [0.25, 0.3) is 0 Å². The first-order valence-corrected chi connectivity index (χ1v) is 7.60. The van der Waals surface area contributed by atoms with Crippen LogP contribution in [0.5, 0.6) is 0 Å². The molecule has 0 spiro atoms. The van der Waals surface area contributed by atoms with E-state index in [1.807, 2.05) is 18.2 Å². The molecule has 0 unspecified atom stereocenters. The lowest BCUT2D eigenvalue weighted by Gasteiger charge is -2.28. The molecule has 0 aliphatic carbocycles. The maximum Gasteiger partial charge on any atom is 0.126 e. The van der Waals surface area contributed by atoms with Crippen molar-refractivity contribution < 1.29 is 0 Å². The van der Waals surface area contributed by atoms with Gasteiger partial charge in [0.2, 0.25) is 0 Å². The van der Waals surface area contributed by atoms with Crippen molar-refractivity contribution >= 4 is 28.3 Å². The molecule has 21 heavy (non-hydrogen) atoms. The smallest absolute Gasteiger partial charge is 0.126 e. The average molecular weight is 306 g/mol. The summed E-state index contributed by atoms with van der Waals surface area (Å²) in [5.74, 6) is 0.911. The van der Waals surface area contributed by atoms with Gasteiger partial charge in [-0.2, -0.15) is 0 Å². The van der Waals surface area contributed by atoms with Gasteiger partial charge in [-0.05, 0) is 50.2 Å². The minimum atomic E-state index is 0.183. The fourth-order valence-corrected chi connectivity index (χ4v) is 2.87. The predicted molar refractivity (Wildman–Crippen MR) is 92.3 cm³/mol. The van der Waals surface area contributed by atoms with Gasteiger partial charge >= 0.3 is 0 Å². The second kappa shape index (κ2) is 6.20. The van der Waals surface area contributed by atoms with Crippen LogP contribution in [0.4, 0.5) is 5.82 Å². The number of hydrogen-bond acceptors (Lipinski definition) is 3. The summed E-state index contributed by atoms with van der Waals surface area (Å²) in [6.07, 6.45) is 0. The van der Waals surface area contributed by atoms with E-state index in [-0.39, 0.29) is 5.41 Å². The van der Waals surface area contributed by atoms with E-state index in [2.05, 4.69) is 56.1 Å². The molecule has 0 aliphatic heterocycles. The summed E-state index contributed by atoms with van der Waals surface area (Å²) in [6.45, 7) is 8.52. The molecule has 2 rings (SSSR count). The van der Waals surface area contributed by atoms with Gasteiger partial charge in [0.05, 0.1) is 5.52 Å². The number of nitrogens with one attached hydrogen (secondary N) is 1. The van der Waals surface area contributed by atoms with Gasteiger partial charge < -0.3 is 10.2 Å². The number of hydrogen-bond donors (Lipinski definition) is 1. The first kappa shape index (κ1) is 16.1. The predicted octanol–water partition coefficient (Wildman–Crippen LogP) is 4.20. The second-order valence-corrected chi connectivity index (χ2v) is 7.18. The van der Waals surface area contributed by atoms with Crippen LogP contribution in [0.2, 0.25) is 5.02 Å². The Morgan fingerprint density at radius 2 is 1.95 bits per heavy atom. The second-order valence-electron chi connectivity index (χ2n) is 6.74. The molecule has 0 atom stereocenters. The number of nitrogens with zero attached hydrogens (tertiary/aromatic N) is 2. The molecule has 0 fully saturated rings. The highest BCUT2D eigenvalue weighted by Crippen LogP contribution is 2.24. The number of aromatic nitrogens is 1. The number of fused-ring (bicyclic) bond motifs is 1. The zero-order valence-electron chi connectivity index (χ0n) is 13.5. The largest absolute Gasteiger partial charge is 0.369 e. The fraction of sp³-hybridized carbons (Fsp3) is 0.471. The SMILES string of the molecule is Cc1cc(NCC(C)(C)CN(C)C)nc2cc(Cl)ccc12. The van der Waals surface area contributed by atoms with Gasteiger partial charge in [0.15, 0.2) is 0 Å². The minimum Gasteiger partial charge on any atom is -0.369 e. The molecule has 0 radical (unpaired) electrons. The van der Waals surface area contributed by atoms with E-state index in [9.17, 15) is 0 Å². The Labute approximate surface area is 132 Å². The van der Waals surface area contributed by atoms with Crippen LogP contribution in [0.25, 0.3) is 10.9 Å². The Morgan fingerprint density at radius 1 is 1.24 bits per heavy atom. The lowest BCUT2D eigenvalue weighted by molar-refractivity contribution is 0.254. The molecule has 0 amide bonds. The quantitative estimate of drug-likeness (QED) is 0.897. The van der Waals surface area contributed by atoms with Crippen LogP contribution in [-0.2, 0) is 0 Å². The summed E-state index contributed by atoms with van der Waals surface area (Å²) in [5.41, 5.74) is 2.34. The van der Waals surface area contributed by atoms with E-state index in [1.54, 1.807) is 0 Å². The first-order chi connectivity index (χ1) is 9.77. The number of anilines is 1. The van der Waals surface area contributed by atoms with E-state index >= 15 is 0 Å². The third kappa shape index (κ3) is 4.32. The molecule has 1 aromatic carbocycles. The molecule has 1 aromatic heterocycles. The van der Waals surface area contributed by atoms with Crippen LogP contribution in [0, 0.1) is 12.3 Å². The fourth-order valence-electron chi connectivity index (χ4n) is 2.71. The summed E-state index contributed by atoms with van der Waals surface area (Å²) >= 11 is 6.06. The van der Waals surface area contributed by atoms with E-state index in [1.165, 1.54) is 5.56 Å². The molecule has 0 saturated carbocycles. The summed E-state index contributed by atoms with van der Waals surface area (Å²) in [5, 5.41) is 5.33. The van der Waals surface area contributed by atoms with Gasteiger partial charge in [-0.3, -0.25) is 0 Å². The van der Waals surface area contributed by atoms with E-state index in [4.69, 9.17) is 11.6 Å². The highest BCUT2D eigenvalue weighted by atomic mass is 35.5. The number of aryl methyl sites for hydroxylation is 1. The summed E-state index contributed by atoms with van der Waals surface area (Å²) in [4.78, 5) is 6.88. The monoisotopic (exact) mass is 305 g/mol. The van der Waals surface area contributed by atoms with Gasteiger partial charge in [0.1, 0.15) is 5.82 Å². The van der Waals surface area contributed by atoms with Crippen molar-refractivity contribution in [3.63, 3.8) is 0 Å². The normalized spacial score (nSPS) is 12.1. The molecule has 4 heteroatoms. The molecule has 114 valence electrons. The van der Waals surface area contributed by atoms with E-state index in [0.717, 1.165) is 34.8 Å². The Kier molecular flexibility index (Phi) is 4.74. The van der Waals surface area contributed by atoms with E-state index < -0.39 is 0 Å². The molecule has 0 saturated heterocycles. The van der Waals surface area contributed by atoms with Crippen LogP contribution in [0.1, 0.15) is 19.4 Å². The van der Waals surface area contributed by atoms with Crippen LogP contribution in [0.15, 0.2) is 24.3 Å². The van der Waals surface area contributed by atoms with Crippen LogP contribution >= 0.6 is 11.6 Å². The van der Waals surface area contributed by atoms with Gasteiger partial charge in [-0.25, -0.2) is 4.98 Å². The average Bonchev–Trinajstić information content (AvgIpc) is 2.34. The number of rotatable bonds is 5. The van der Waals surface area contributed by atoms with Gasteiger partial charge in [0, 0.05) is 23.5 Å². The molecular formula is C17H24ClN3. The molecule has 2 aromatic rings. The lowest BCUT2D eigenvalue weighted by atomic mass is 9.93. The topological polar surface area (TPSA) is 28.2 Å². The van der Waals surface area contributed by atoms with Crippen LogP contribution in [0.3, 0.4) is 0 Å². The highest BCUT2D eigenvalue weighted by molar-refractivity contribution is 6.31. The van der Waals surface area contributed by atoms with Crippen molar-refractivity contribution in [1.29, 1.82) is 0 Å². The van der Waals surface area contributed by atoms with Crippen molar-refractivity contribution in [3.05, 3.63) is 34.9 Å². The summed E-state index contributed by atoms with van der Waals surface area (Å²) < 4.78 is 0. The zero-order valence-corrected chi connectivity index (χ0v) is 14.3. The van der Waals surface area contributed by atoms with Crippen molar-refractivity contribution in [1.82, 2.24) is 9.88 Å². The number of pyridine rings is 1. The van der Waals surface area contributed by atoms with Gasteiger partial charge in [-0.15, -0.1) is 0 Å². The summed E-state index contributed by atoms with van der Waals surface area (Å²) in [6, 6.07) is 7.95. The zero-order chi connectivity index (χ0) is 15.6. The third-order valence-electron chi connectivity index (χ3n) is 3.47. The van der Waals surface area contributed by atoms with Crippen LogP contribution in [-0.4, -0.2) is 37.1 Å². The Morgan fingerprint density at radius 3 is 2.62 bits per heavy atom. The molecule has 3 nitrogen and oxygen atoms in total. The van der Waals surface area contributed by atoms with Crippen molar-refractivity contribution in [2.45, 2.75) is 20.8 Å².